The van der Waals surface area contributed by atoms with Gasteiger partial charge in [-0.05, 0) is 26.3 Å². The molecule has 96 valence electrons. The van der Waals surface area contributed by atoms with E-state index in [2.05, 4.69) is 5.32 Å². The Bertz CT molecular complexity index is 336. The first-order valence-corrected chi connectivity index (χ1v) is 7.15. The maximum atomic E-state index is 11.4. The average molecular weight is 250 g/mol. The third kappa shape index (κ3) is 4.94. The molecule has 0 bridgehead atoms. The van der Waals surface area contributed by atoms with Crippen LogP contribution in [-0.4, -0.2) is 38.4 Å². The standard InChI is InChI=1S/C10H22N2O3S/c1-8(6-11)5-9(13)12-7-10(2,3)16(4,14)15/h8H,5-7,11H2,1-4H3,(H,12,13). The average Bonchev–Trinajstić information content (AvgIpc) is 2.13. The van der Waals surface area contributed by atoms with Crippen LogP contribution in [0.3, 0.4) is 0 Å². The fourth-order valence-electron chi connectivity index (χ4n) is 0.915. The van der Waals surface area contributed by atoms with Crippen molar-refractivity contribution in [2.75, 3.05) is 19.3 Å². The van der Waals surface area contributed by atoms with Crippen molar-refractivity contribution in [1.29, 1.82) is 0 Å². The molecular weight excluding hydrogens is 228 g/mol. The minimum Gasteiger partial charge on any atom is -0.355 e. The molecule has 1 atom stereocenters. The number of nitrogens with two attached hydrogens (primary N) is 1. The molecule has 0 aromatic rings. The van der Waals surface area contributed by atoms with E-state index in [0.29, 0.717) is 13.0 Å². The van der Waals surface area contributed by atoms with Crippen LogP contribution >= 0.6 is 0 Å². The Labute approximate surface area is 97.7 Å². The van der Waals surface area contributed by atoms with Gasteiger partial charge in [0.1, 0.15) is 0 Å². The van der Waals surface area contributed by atoms with E-state index in [-0.39, 0.29) is 18.4 Å². The zero-order valence-corrected chi connectivity index (χ0v) is 11.2. The molecule has 0 spiro atoms. The summed E-state index contributed by atoms with van der Waals surface area (Å²) in [5, 5.41) is 2.62. The predicted molar refractivity (Wildman–Crippen MR) is 64.8 cm³/mol. The van der Waals surface area contributed by atoms with E-state index < -0.39 is 14.6 Å². The van der Waals surface area contributed by atoms with Gasteiger partial charge in [-0.1, -0.05) is 6.92 Å². The van der Waals surface area contributed by atoms with Gasteiger partial charge in [0, 0.05) is 19.2 Å². The van der Waals surface area contributed by atoms with Crippen LogP contribution in [0.5, 0.6) is 0 Å². The van der Waals surface area contributed by atoms with Crippen molar-refractivity contribution >= 4 is 15.7 Å². The van der Waals surface area contributed by atoms with Crippen molar-refractivity contribution in [1.82, 2.24) is 5.32 Å². The predicted octanol–water partition coefficient (Wildman–Crippen LogP) is -0.0893. The molecule has 0 aromatic carbocycles. The SMILES string of the molecule is CC(CN)CC(=O)NCC(C)(C)S(C)(=O)=O. The molecular formula is C10H22N2O3S. The fraction of sp³-hybridized carbons (Fsp3) is 0.900. The molecule has 1 unspecified atom stereocenters. The second kappa shape index (κ2) is 5.63. The fourth-order valence-corrected chi connectivity index (χ4v) is 1.25. The topological polar surface area (TPSA) is 89.3 Å². The smallest absolute Gasteiger partial charge is 0.220 e. The summed E-state index contributed by atoms with van der Waals surface area (Å²) in [6.07, 6.45) is 1.50. The van der Waals surface area contributed by atoms with E-state index in [1.807, 2.05) is 6.92 Å². The van der Waals surface area contributed by atoms with Crippen LogP contribution in [0, 0.1) is 5.92 Å². The lowest BCUT2D eigenvalue weighted by Crippen LogP contribution is -2.44. The summed E-state index contributed by atoms with van der Waals surface area (Å²) in [7, 11) is -3.17. The Balaban J connectivity index is 4.21. The summed E-state index contributed by atoms with van der Waals surface area (Å²) < 4.78 is 21.8. The zero-order chi connectivity index (χ0) is 13.0. The summed E-state index contributed by atoms with van der Waals surface area (Å²) in [6.45, 7) is 5.64. The molecule has 0 aliphatic heterocycles. The van der Waals surface area contributed by atoms with Crippen molar-refractivity contribution < 1.29 is 13.2 Å². The van der Waals surface area contributed by atoms with E-state index >= 15 is 0 Å². The Kier molecular flexibility index (Phi) is 5.41. The van der Waals surface area contributed by atoms with Crippen molar-refractivity contribution in [2.24, 2.45) is 11.7 Å². The summed E-state index contributed by atoms with van der Waals surface area (Å²) in [6, 6.07) is 0. The third-order valence-corrected chi connectivity index (χ3v) is 4.80. The molecule has 0 saturated heterocycles. The first-order chi connectivity index (χ1) is 7.10. The minimum absolute atomic E-state index is 0.112. The summed E-state index contributed by atoms with van der Waals surface area (Å²) in [4.78, 5) is 11.4. The Morgan fingerprint density at radius 3 is 2.31 bits per heavy atom. The molecule has 0 aliphatic carbocycles. The molecule has 0 radical (unpaired) electrons. The number of carbonyl (C=O) groups excluding carboxylic acids is 1. The molecule has 0 aromatic heterocycles. The Morgan fingerprint density at radius 1 is 1.44 bits per heavy atom. The highest BCUT2D eigenvalue weighted by Gasteiger charge is 2.30. The van der Waals surface area contributed by atoms with Gasteiger partial charge in [0.25, 0.3) is 0 Å². The van der Waals surface area contributed by atoms with Crippen LogP contribution < -0.4 is 11.1 Å². The first kappa shape index (κ1) is 15.4. The second-order valence-electron chi connectivity index (χ2n) is 4.85. The molecule has 0 fully saturated rings. The van der Waals surface area contributed by atoms with Gasteiger partial charge in [0.15, 0.2) is 9.84 Å². The molecule has 0 rings (SSSR count). The molecule has 0 heterocycles. The monoisotopic (exact) mass is 250 g/mol. The molecule has 6 heteroatoms. The summed E-state index contributed by atoms with van der Waals surface area (Å²) in [5.74, 6) is -0.0454. The van der Waals surface area contributed by atoms with Crippen LogP contribution in [0.15, 0.2) is 0 Å². The van der Waals surface area contributed by atoms with Gasteiger partial charge in [-0.3, -0.25) is 4.79 Å². The zero-order valence-electron chi connectivity index (χ0n) is 10.4. The highest BCUT2D eigenvalue weighted by atomic mass is 32.2. The van der Waals surface area contributed by atoms with Crippen molar-refractivity contribution in [2.45, 2.75) is 31.9 Å². The van der Waals surface area contributed by atoms with E-state index in [1.54, 1.807) is 13.8 Å². The summed E-state index contributed by atoms with van der Waals surface area (Å²) in [5.41, 5.74) is 5.40. The molecule has 3 N–H and O–H groups in total. The van der Waals surface area contributed by atoms with Gasteiger partial charge in [-0.2, -0.15) is 0 Å². The number of hydrogen-bond donors (Lipinski definition) is 2. The largest absolute Gasteiger partial charge is 0.355 e. The molecule has 16 heavy (non-hydrogen) atoms. The van der Waals surface area contributed by atoms with Crippen LogP contribution in [0.4, 0.5) is 0 Å². The number of nitrogens with one attached hydrogen (secondary N) is 1. The Morgan fingerprint density at radius 2 is 1.94 bits per heavy atom. The van der Waals surface area contributed by atoms with Crippen LogP contribution in [-0.2, 0) is 14.6 Å². The van der Waals surface area contributed by atoms with E-state index in [1.165, 1.54) is 6.26 Å². The molecule has 0 aliphatic rings. The van der Waals surface area contributed by atoms with Crippen molar-refractivity contribution in [3.63, 3.8) is 0 Å². The van der Waals surface area contributed by atoms with Crippen LogP contribution in [0.1, 0.15) is 27.2 Å². The summed E-state index contributed by atoms with van der Waals surface area (Å²) >= 11 is 0. The first-order valence-electron chi connectivity index (χ1n) is 5.26. The number of carbonyl (C=O) groups is 1. The van der Waals surface area contributed by atoms with Gasteiger partial charge >= 0.3 is 0 Å². The van der Waals surface area contributed by atoms with Gasteiger partial charge in [0.05, 0.1) is 4.75 Å². The van der Waals surface area contributed by atoms with E-state index in [0.717, 1.165) is 0 Å². The number of hydrogen-bond acceptors (Lipinski definition) is 4. The lowest BCUT2D eigenvalue weighted by atomic mass is 10.1. The quantitative estimate of drug-likeness (QED) is 0.689. The van der Waals surface area contributed by atoms with Crippen LogP contribution in [0.2, 0.25) is 0 Å². The van der Waals surface area contributed by atoms with Crippen molar-refractivity contribution in [3.05, 3.63) is 0 Å². The third-order valence-electron chi connectivity index (χ3n) is 2.65. The second-order valence-corrected chi connectivity index (χ2v) is 7.50. The number of amides is 1. The molecule has 1 amide bonds. The van der Waals surface area contributed by atoms with Gasteiger partial charge in [-0.15, -0.1) is 0 Å². The van der Waals surface area contributed by atoms with E-state index in [9.17, 15) is 13.2 Å². The van der Waals surface area contributed by atoms with Gasteiger partial charge < -0.3 is 11.1 Å². The maximum absolute atomic E-state index is 11.4. The maximum Gasteiger partial charge on any atom is 0.220 e. The van der Waals surface area contributed by atoms with Crippen LogP contribution in [0.25, 0.3) is 0 Å². The number of rotatable bonds is 6. The highest BCUT2D eigenvalue weighted by molar-refractivity contribution is 7.92. The lowest BCUT2D eigenvalue weighted by molar-refractivity contribution is -0.121. The minimum atomic E-state index is -3.17. The highest BCUT2D eigenvalue weighted by Crippen LogP contribution is 2.13. The van der Waals surface area contributed by atoms with Gasteiger partial charge in [0.2, 0.25) is 5.91 Å². The van der Waals surface area contributed by atoms with E-state index in [4.69, 9.17) is 5.73 Å². The molecule has 5 nitrogen and oxygen atoms in total. The normalized spacial score (nSPS) is 14.6. The van der Waals surface area contributed by atoms with Crippen molar-refractivity contribution in [3.8, 4) is 0 Å². The Hall–Kier alpha value is -0.620. The lowest BCUT2D eigenvalue weighted by Gasteiger charge is -2.23. The van der Waals surface area contributed by atoms with Gasteiger partial charge in [-0.25, -0.2) is 8.42 Å². The molecule has 0 saturated carbocycles. The number of sulfone groups is 1.